The topological polar surface area (TPSA) is 73.5 Å². The molecular formula is C21H20N4O2. The highest BCUT2D eigenvalue weighted by Crippen LogP contribution is 2.36. The van der Waals surface area contributed by atoms with E-state index in [2.05, 4.69) is 30.3 Å². The van der Waals surface area contributed by atoms with E-state index in [0.29, 0.717) is 5.69 Å². The molecule has 1 N–H and O–H groups in total. The maximum absolute atomic E-state index is 11.0. The quantitative estimate of drug-likeness (QED) is 0.326. The Kier molecular flexibility index (Phi) is 4.03. The van der Waals surface area contributed by atoms with Crippen LogP contribution in [0.2, 0.25) is 0 Å². The molecule has 136 valence electrons. The number of nitrogens with one attached hydrogen (secondary N) is 1. The van der Waals surface area contributed by atoms with Gasteiger partial charge in [-0.25, -0.2) is 0 Å². The molecule has 0 amide bonds. The Morgan fingerprint density at radius 1 is 1.00 bits per heavy atom. The Labute approximate surface area is 157 Å². The molecule has 6 heteroatoms. The van der Waals surface area contributed by atoms with Gasteiger partial charge in [0.1, 0.15) is 0 Å². The molecular weight excluding hydrogens is 340 g/mol. The van der Waals surface area contributed by atoms with Gasteiger partial charge in [0.25, 0.3) is 5.69 Å². The van der Waals surface area contributed by atoms with Crippen molar-refractivity contribution in [1.29, 1.82) is 5.41 Å². The van der Waals surface area contributed by atoms with Crippen molar-refractivity contribution in [3.63, 3.8) is 0 Å². The van der Waals surface area contributed by atoms with E-state index in [4.69, 9.17) is 5.41 Å². The Morgan fingerprint density at radius 3 is 2.44 bits per heavy atom. The van der Waals surface area contributed by atoms with Crippen LogP contribution in [0.4, 0.5) is 17.1 Å². The summed E-state index contributed by atoms with van der Waals surface area (Å²) >= 11 is 0. The van der Waals surface area contributed by atoms with Gasteiger partial charge in [-0.05, 0) is 41.5 Å². The highest BCUT2D eigenvalue weighted by Gasteiger charge is 2.21. The van der Waals surface area contributed by atoms with Gasteiger partial charge in [0.2, 0.25) is 5.96 Å². The summed E-state index contributed by atoms with van der Waals surface area (Å²) in [7, 11) is 3.60. The number of non-ortho nitro benzene ring substituents is 1. The summed E-state index contributed by atoms with van der Waals surface area (Å²) in [5, 5.41) is 22.1. The Morgan fingerprint density at radius 2 is 1.70 bits per heavy atom. The predicted molar refractivity (Wildman–Crippen MR) is 109 cm³/mol. The summed E-state index contributed by atoms with van der Waals surface area (Å²) in [5.74, 6) is 0.245. The molecule has 3 aromatic rings. The maximum Gasteiger partial charge on any atom is 0.271 e. The number of rotatable bonds is 3. The number of guanidine groups is 1. The zero-order valence-electron chi connectivity index (χ0n) is 15.3. The van der Waals surface area contributed by atoms with Crippen molar-refractivity contribution in [2.24, 2.45) is 0 Å². The van der Waals surface area contributed by atoms with Crippen LogP contribution in [-0.2, 0) is 12.8 Å². The summed E-state index contributed by atoms with van der Waals surface area (Å²) in [5.41, 5.74) is 4.29. The first-order valence-corrected chi connectivity index (χ1v) is 8.81. The van der Waals surface area contributed by atoms with E-state index in [1.54, 1.807) is 24.1 Å². The lowest BCUT2D eigenvalue weighted by Crippen LogP contribution is -2.39. The van der Waals surface area contributed by atoms with Crippen LogP contribution in [-0.4, -0.2) is 25.0 Å². The van der Waals surface area contributed by atoms with Crippen molar-refractivity contribution >= 4 is 33.8 Å². The van der Waals surface area contributed by atoms with E-state index in [9.17, 15) is 10.1 Å². The minimum atomic E-state index is -0.423. The third-order valence-electron chi connectivity index (χ3n) is 5.28. The molecule has 0 saturated carbocycles. The van der Waals surface area contributed by atoms with Crippen LogP contribution in [0, 0.1) is 15.5 Å². The normalized spacial score (nSPS) is 12.2. The lowest BCUT2D eigenvalue weighted by molar-refractivity contribution is -0.384. The second-order valence-electron chi connectivity index (χ2n) is 6.80. The first-order chi connectivity index (χ1) is 13.0. The van der Waals surface area contributed by atoms with Gasteiger partial charge < -0.3 is 9.80 Å². The number of nitro groups is 1. The highest BCUT2D eigenvalue weighted by atomic mass is 16.6. The second-order valence-corrected chi connectivity index (χ2v) is 6.80. The molecule has 0 spiro atoms. The number of nitrogens with zero attached hydrogens (tertiary/aromatic N) is 3. The second kappa shape index (κ2) is 6.39. The third kappa shape index (κ3) is 2.79. The minimum absolute atomic E-state index is 0.0140. The van der Waals surface area contributed by atoms with Crippen molar-refractivity contribution < 1.29 is 4.92 Å². The molecule has 0 atom stereocenters. The predicted octanol–water partition coefficient (Wildman–Crippen LogP) is 4.35. The molecule has 0 unspecified atom stereocenters. The average molecular weight is 360 g/mol. The molecule has 27 heavy (non-hydrogen) atoms. The molecule has 0 aliphatic heterocycles. The molecule has 1 aliphatic carbocycles. The van der Waals surface area contributed by atoms with E-state index in [1.165, 1.54) is 28.6 Å². The number of anilines is 2. The van der Waals surface area contributed by atoms with Crippen molar-refractivity contribution in [1.82, 2.24) is 0 Å². The number of hydrogen-bond acceptors (Lipinski definition) is 3. The lowest BCUT2D eigenvalue weighted by Gasteiger charge is -2.29. The van der Waals surface area contributed by atoms with E-state index >= 15 is 0 Å². The number of benzene rings is 3. The fourth-order valence-corrected chi connectivity index (χ4v) is 3.80. The van der Waals surface area contributed by atoms with Gasteiger partial charge >= 0.3 is 0 Å². The van der Waals surface area contributed by atoms with E-state index in [0.717, 1.165) is 23.9 Å². The van der Waals surface area contributed by atoms with Crippen LogP contribution < -0.4 is 9.80 Å². The monoisotopic (exact) mass is 360 g/mol. The first-order valence-electron chi connectivity index (χ1n) is 8.81. The molecule has 4 rings (SSSR count). The minimum Gasteiger partial charge on any atom is -0.315 e. The lowest BCUT2D eigenvalue weighted by atomic mass is 10.0. The summed E-state index contributed by atoms with van der Waals surface area (Å²) in [6, 6.07) is 16.9. The van der Waals surface area contributed by atoms with Crippen LogP contribution in [0.5, 0.6) is 0 Å². The largest absolute Gasteiger partial charge is 0.315 e. The van der Waals surface area contributed by atoms with Gasteiger partial charge in [-0.2, -0.15) is 0 Å². The van der Waals surface area contributed by atoms with Crippen LogP contribution in [0.25, 0.3) is 10.8 Å². The van der Waals surface area contributed by atoms with E-state index in [1.807, 2.05) is 11.9 Å². The van der Waals surface area contributed by atoms with E-state index < -0.39 is 4.92 Å². The molecule has 0 radical (unpaired) electrons. The summed E-state index contributed by atoms with van der Waals surface area (Å²) in [4.78, 5) is 14.1. The van der Waals surface area contributed by atoms with Gasteiger partial charge in [-0.15, -0.1) is 0 Å². The molecule has 1 aliphatic rings. The van der Waals surface area contributed by atoms with Crippen molar-refractivity contribution in [3.05, 3.63) is 75.8 Å². The third-order valence-corrected chi connectivity index (χ3v) is 5.28. The van der Waals surface area contributed by atoms with Crippen LogP contribution in [0.3, 0.4) is 0 Å². The summed E-state index contributed by atoms with van der Waals surface area (Å²) in [6.45, 7) is 0. The Hall–Kier alpha value is -3.41. The van der Waals surface area contributed by atoms with E-state index in [-0.39, 0.29) is 11.6 Å². The highest BCUT2D eigenvalue weighted by molar-refractivity contribution is 6.10. The van der Waals surface area contributed by atoms with Crippen molar-refractivity contribution in [2.45, 2.75) is 12.8 Å². The zero-order valence-corrected chi connectivity index (χ0v) is 15.3. The zero-order chi connectivity index (χ0) is 19.1. The smallest absolute Gasteiger partial charge is 0.271 e. The van der Waals surface area contributed by atoms with Gasteiger partial charge in [-0.3, -0.25) is 15.5 Å². The average Bonchev–Trinajstić information content (AvgIpc) is 3.12. The molecule has 0 saturated heterocycles. The maximum atomic E-state index is 11.0. The summed E-state index contributed by atoms with van der Waals surface area (Å²) in [6.07, 6.45) is 2.12. The first kappa shape index (κ1) is 17.0. The fraction of sp³-hybridized carbons (Fsp3) is 0.190. The standard InChI is InChI=1S/C21H20N4O2/c1-23(16-6-4-7-17(13-16)25(26)27)21(22)24(2)19-12-11-15-10-9-14-5-3-8-18(19)20(14)15/h3-8,11-13,22H,9-10H2,1-2H3. The Bertz CT molecular complexity index is 1070. The molecule has 0 bridgehead atoms. The van der Waals surface area contributed by atoms with Gasteiger partial charge in [0.15, 0.2) is 0 Å². The van der Waals surface area contributed by atoms with Crippen molar-refractivity contribution in [3.8, 4) is 0 Å². The van der Waals surface area contributed by atoms with Crippen molar-refractivity contribution in [2.75, 3.05) is 23.9 Å². The fourth-order valence-electron chi connectivity index (χ4n) is 3.80. The van der Waals surface area contributed by atoms with Gasteiger partial charge in [0.05, 0.1) is 16.3 Å². The molecule has 0 fully saturated rings. The van der Waals surface area contributed by atoms with Crippen LogP contribution in [0.15, 0.2) is 54.6 Å². The van der Waals surface area contributed by atoms with Crippen LogP contribution in [0.1, 0.15) is 11.1 Å². The number of nitro benzene ring substituents is 1. The number of hydrogen-bond donors (Lipinski definition) is 1. The molecule has 3 aromatic carbocycles. The van der Waals surface area contributed by atoms with Crippen LogP contribution >= 0.6 is 0 Å². The molecule has 6 nitrogen and oxygen atoms in total. The Balaban J connectivity index is 1.70. The van der Waals surface area contributed by atoms with Gasteiger partial charge in [0, 0.05) is 31.6 Å². The SMILES string of the molecule is CN(C(=N)N(C)c1ccc2c3c(cccc13)CC2)c1cccc([N+](=O)[O-])c1. The molecule has 0 aromatic heterocycles. The van der Waals surface area contributed by atoms with Gasteiger partial charge in [-0.1, -0.05) is 30.3 Å². The number of aryl methyl sites for hydroxylation is 2. The molecule has 0 heterocycles. The summed E-state index contributed by atoms with van der Waals surface area (Å²) < 4.78 is 0.